The molecule has 0 amide bonds. The minimum absolute atomic E-state index is 0.258. The summed E-state index contributed by atoms with van der Waals surface area (Å²) in [5, 5.41) is 9.70. The second-order valence-corrected chi connectivity index (χ2v) is 7.28. The molecule has 0 aliphatic rings. The summed E-state index contributed by atoms with van der Waals surface area (Å²) in [5.74, 6) is 0.748. The minimum Gasteiger partial charge on any atom is -0.280 e. The molecule has 0 N–H and O–H groups in total. The Balaban J connectivity index is 1.69. The van der Waals surface area contributed by atoms with Crippen LogP contribution in [-0.4, -0.2) is 19.2 Å². The van der Waals surface area contributed by atoms with Crippen molar-refractivity contribution in [2.75, 3.05) is 0 Å². The number of nitrogens with zero attached hydrogens (tertiary/aromatic N) is 4. The van der Waals surface area contributed by atoms with Crippen LogP contribution in [0.15, 0.2) is 70.9 Å². The molecule has 2 aromatic carbocycles. The van der Waals surface area contributed by atoms with Gasteiger partial charge in [0.15, 0.2) is 5.16 Å². The van der Waals surface area contributed by atoms with Crippen molar-refractivity contribution in [1.29, 1.82) is 0 Å². The molecule has 4 aromatic rings. The van der Waals surface area contributed by atoms with Crippen LogP contribution in [0.5, 0.6) is 0 Å². The van der Waals surface area contributed by atoms with Crippen LogP contribution in [0.3, 0.4) is 0 Å². The van der Waals surface area contributed by atoms with Gasteiger partial charge in [-0.3, -0.25) is 13.8 Å². The first-order valence-corrected chi connectivity index (χ1v) is 9.46. The first-order chi connectivity index (χ1) is 12.6. The van der Waals surface area contributed by atoms with Crippen molar-refractivity contribution in [2.45, 2.75) is 10.9 Å². The molecule has 0 spiro atoms. The van der Waals surface area contributed by atoms with Gasteiger partial charge in [-0.1, -0.05) is 65.3 Å². The van der Waals surface area contributed by atoms with E-state index in [2.05, 4.69) is 10.2 Å². The normalized spacial score (nSPS) is 11.2. The lowest BCUT2D eigenvalue weighted by atomic mass is 10.2. The van der Waals surface area contributed by atoms with Gasteiger partial charge in [0.05, 0.1) is 15.7 Å². The zero-order valence-corrected chi connectivity index (χ0v) is 15.7. The maximum atomic E-state index is 12.8. The third kappa shape index (κ3) is 3.23. The lowest BCUT2D eigenvalue weighted by molar-refractivity contribution is 0.893. The van der Waals surface area contributed by atoms with Gasteiger partial charge in [-0.05, 0) is 23.8 Å². The molecule has 0 unspecified atom stereocenters. The van der Waals surface area contributed by atoms with Gasteiger partial charge in [0.2, 0.25) is 5.65 Å². The molecule has 0 aliphatic carbocycles. The fourth-order valence-corrected chi connectivity index (χ4v) is 3.69. The van der Waals surface area contributed by atoms with E-state index in [0.717, 1.165) is 5.75 Å². The molecule has 4 rings (SSSR count). The zero-order valence-electron chi connectivity index (χ0n) is 13.3. The predicted octanol–water partition coefficient (Wildman–Crippen LogP) is 4.48. The van der Waals surface area contributed by atoms with E-state index in [1.165, 1.54) is 21.9 Å². The van der Waals surface area contributed by atoms with Gasteiger partial charge >= 0.3 is 5.56 Å². The molecule has 0 saturated heterocycles. The van der Waals surface area contributed by atoms with E-state index in [4.69, 9.17) is 23.2 Å². The molecule has 5 nitrogen and oxygen atoms in total. The van der Waals surface area contributed by atoms with E-state index in [0.29, 0.717) is 20.9 Å². The Morgan fingerprint density at radius 1 is 0.962 bits per heavy atom. The van der Waals surface area contributed by atoms with Crippen molar-refractivity contribution in [3.63, 3.8) is 0 Å². The molecule has 2 heterocycles. The SMILES string of the molecule is O=c1c2nnc(SCc3ccccc3)n2ccn1-c1ccc(Cl)c(Cl)c1. The monoisotopic (exact) mass is 402 g/mol. The Morgan fingerprint density at radius 3 is 2.54 bits per heavy atom. The molecule has 8 heteroatoms. The molecule has 0 radical (unpaired) electrons. The molecular weight excluding hydrogens is 391 g/mol. The topological polar surface area (TPSA) is 52.2 Å². The van der Waals surface area contributed by atoms with E-state index in [9.17, 15) is 4.79 Å². The van der Waals surface area contributed by atoms with E-state index in [1.807, 2.05) is 30.3 Å². The van der Waals surface area contributed by atoms with Gasteiger partial charge in [0.1, 0.15) is 0 Å². The zero-order chi connectivity index (χ0) is 18.1. The number of hydrogen-bond acceptors (Lipinski definition) is 4. The van der Waals surface area contributed by atoms with Crippen LogP contribution in [0.4, 0.5) is 0 Å². The number of hydrogen-bond donors (Lipinski definition) is 0. The van der Waals surface area contributed by atoms with Crippen LogP contribution in [-0.2, 0) is 5.75 Å². The van der Waals surface area contributed by atoms with Gasteiger partial charge in [0.25, 0.3) is 0 Å². The number of aromatic nitrogens is 4. The highest BCUT2D eigenvalue weighted by Crippen LogP contribution is 2.24. The van der Waals surface area contributed by atoms with Gasteiger partial charge in [0, 0.05) is 18.1 Å². The Kier molecular flexibility index (Phi) is 4.72. The minimum atomic E-state index is -0.273. The number of benzene rings is 2. The summed E-state index contributed by atoms with van der Waals surface area (Å²) in [4.78, 5) is 12.8. The quantitative estimate of drug-likeness (QED) is 0.472. The fourth-order valence-electron chi connectivity index (χ4n) is 2.52. The summed E-state index contributed by atoms with van der Waals surface area (Å²) >= 11 is 13.5. The highest BCUT2D eigenvalue weighted by Gasteiger charge is 2.12. The predicted molar refractivity (Wildman–Crippen MR) is 105 cm³/mol. The number of halogens is 2. The van der Waals surface area contributed by atoms with Crippen molar-refractivity contribution < 1.29 is 0 Å². The molecule has 0 atom stereocenters. The molecule has 0 bridgehead atoms. The van der Waals surface area contributed by atoms with Gasteiger partial charge in [-0.25, -0.2) is 0 Å². The smallest absolute Gasteiger partial charge is 0.280 e. The van der Waals surface area contributed by atoms with Gasteiger partial charge in [-0.2, -0.15) is 0 Å². The summed E-state index contributed by atoms with van der Waals surface area (Å²) < 4.78 is 3.17. The lowest BCUT2D eigenvalue weighted by Gasteiger charge is -2.07. The molecule has 2 aromatic heterocycles. The highest BCUT2D eigenvalue weighted by molar-refractivity contribution is 7.98. The maximum absolute atomic E-state index is 12.8. The summed E-state index contributed by atoms with van der Waals surface area (Å²) in [5.41, 5.74) is 1.78. The number of fused-ring (bicyclic) bond motifs is 1. The highest BCUT2D eigenvalue weighted by atomic mass is 35.5. The third-order valence-corrected chi connectivity index (χ3v) is 5.58. The van der Waals surface area contributed by atoms with E-state index >= 15 is 0 Å². The third-order valence-electron chi connectivity index (χ3n) is 3.83. The van der Waals surface area contributed by atoms with Crippen molar-refractivity contribution in [3.8, 4) is 5.69 Å². The molecule has 26 heavy (non-hydrogen) atoms. The van der Waals surface area contributed by atoms with Crippen molar-refractivity contribution in [2.24, 2.45) is 0 Å². The van der Waals surface area contributed by atoms with Crippen LogP contribution in [0.2, 0.25) is 10.0 Å². The van der Waals surface area contributed by atoms with Crippen molar-refractivity contribution >= 4 is 40.6 Å². The molecule has 0 saturated carbocycles. The fraction of sp³-hybridized carbons (Fsp3) is 0.0556. The molecule has 0 aliphatic heterocycles. The average molecular weight is 403 g/mol. The summed E-state index contributed by atoms with van der Waals surface area (Å²) in [7, 11) is 0. The first-order valence-electron chi connectivity index (χ1n) is 7.72. The van der Waals surface area contributed by atoms with Crippen LogP contribution in [0.25, 0.3) is 11.3 Å². The Hall–Kier alpha value is -2.28. The maximum Gasteiger partial charge on any atom is 0.300 e. The van der Waals surface area contributed by atoms with Crippen LogP contribution < -0.4 is 5.56 Å². The lowest BCUT2D eigenvalue weighted by Crippen LogP contribution is -2.20. The Labute approximate surface area is 163 Å². The van der Waals surface area contributed by atoms with Crippen LogP contribution in [0.1, 0.15) is 5.56 Å². The number of rotatable bonds is 4. The van der Waals surface area contributed by atoms with Crippen molar-refractivity contribution in [3.05, 3.63) is 86.9 Å². The van der Waals surface area contributed by atoms with E-state index in [1.54, 1.807) is 35.0 Å². The Morgan fingerprint density at radius 2 is 1.77 bits per heavy atom. The number of thioether (sulfide) groups is 1. The largest absolute Gasteiger partial charge is 0.300 e. The molecule has 0 fully saturated rings. The van der Waals surface area contributed by atoms with Crippen LogP contribution >= 0.6 is 35.0 Å². The second kappa shape index (κ2) is 7.15. The van der Waals surface area contributed by atoms with E-state index < -0.39 is 0 Å². The summed E-state index contributed by atoms with van der Waals surface area (Å²) in [6.07, 6.45) is 3.44. The van der Waals surface area contributed by atoms with Crippen molar-refractivity contribution in [1.82, 2.24) is 19.2 Å². The standard InChI is InChI=1S/C18H12Cl2N4OS/c19-14-7-6-13(10-15(14)20)23-8-9-24-16(17(23)25)21-22-18(24)26-11-12-4-2-1-3-5-12/h1-10H,11H2. The summed E-state index contributed by atoms with van der Waals surface area (Å²) in [6.45, 7) is 0. The van der Waals surface area contributed by atoms with Crippen LogP contribution in [0, 0.1) is 0 Å². The van der Waals surface area contributed by atoms with Gasteiger partial charge in [-0.15, -0.1) is 10.2 Å². The molecule has 130 valence electrons. The summed E-state index contributed by atoms with van der Waals surface area (Å²) in [6, 6.07) is 15.1. The average Bonchev–Trinajstić information content (AvgIpc) is 3.08. The second-order valence-electron chi connectivity index (χ2n) is 5.52. The van der Waals surface area contributed by atoms with Gasteiger partial charge < -0.3 is 0 Å². The molecular formula is C18H12Cl2N4OS. The van der Waals surface area contributed by atoms with E-state index in [-0.39, 0.29) is 11.2 Å². The first kappa shape index (κ1) is 17.1. The Bertz CT molecular complexity index is 1140.